The first-order valence-electron chi connectivity index (χ1n) is 7.64. The number of nitrogens with zero attached hydrogens (tertiary/aromatic N) is 2. The molecule has 0 aromatic heterocycles. The van der Waals surface area contributed by atoms with Crippen LogP contribution in [0.5, 0.6) is 0 Å². The van der Waals surface area contributed by atoms with Gasteiger partial charge in [-0.15, -0.1) is 0 Å². The van der Waals surface area contributed by atoms with E-state index in [9.17, 15) is 8.42 Å². The van der Waals surface area contributed by atoms with Gasteiger partial charge in [0.15, 0.2) is 9.84 Å². The van der Waals surface area contributed by atoms with Crippen molar-refractivity contribution in [2.24, 2.45) is 5.92 Å². The molecule has 5 heteroatoms. The zero-order valence-electron chi connectivity index (χ0n) is 13.2. The summed E-state index contributed by atoms with van der Waals surface area (Å²) < 4.78 is 23.8. The van der Waals surface area contributed by atoms with Gasteiger partial charge in [-0.2, -0.15) is 0 Å². The lowest BCUT2D eigenvalue weighted by molar-refractivity contribution is 0.287. The second-order valence-corrected chi connectivity index (χ2v) is 8.09. The highest BCUT2D eigenvalue weighted by Gasteiger charge is 2.26. The topological polar surface area (TPSA) is 40.6 Å². The molecule has 1 aliphatic heterocycles. The fourth-order valence-electron chi connectivity index (χ4n) is 3.15. The minimum absolute atomic E-state index is 0.451. The van der Waals surface area contributed by atoms with Crippen molar-refractivity contribution in [2.75, 3.05) is 44.4 Å². The van der Waals surface area contributed by atoms with Gasteiger partial charge in [-0.3, -0.25) is 0 Å². The summed E-state index contributed by atoms with van der Waals surface area (Å²) in [5, 5.41) is 0. The Morgan fingerprint density at radius 1 is 1.33 bits per heavy atom. The van der Waals surface area contributed by atoms with Crippen LogP contribution in [0.4, 0.5) is 5.69 Å². The predicted molar refractivity (Wildman–Crippen MR) is 87.7 cm³/mol. The molecular formula is C16H26N2O2S. The molecule has 1 aromatic rings. The maximum absolute atomic E-state index is 11.9. The molecule has 0 aliphatic carbocycles. The van der Waals surface area contributed by atoms with Crippen LogP contribution in [0.2, 0.25) is 0 Å². The van der Waals surface area contributed by atoms with E-state index >= 15 is 0 Å². The predicted octanol–water partition coefficient (Wildman–Crippen LogP) is 2.26. The summed E-state index contributed by atoms with van der Waals surface area (Å²) in [5.74, 6) is 0.620. The zero-order chi connectivity index (χ0) is 15.5. The number of sulfone groups is 1. The molecule has 4 nitrogen and oxygen atoms in total. The van der Waals surface area contributed by atoms with Crippen molar-refractivity contribution in [3.8, 4) is 0 Å². The van der Waals surface area contributed by atoms with E-state index in [0.29, 0.717) is 10.8 Å². The summed E-state index contributed by atoms with van der Waals surface area (Å²) in [7, 11) is -1.01. The lowest BCUT2D eigenvalue weighted by Crippen LogP contribution is -2.29. The quantitative estimate of drug-likeness (QED) is 0.808. The first-order chi connectivity index (χ1) is 9.91. The molecule has 0 spiro atoms. The highest BCUT2D eigenvalue weighted by molar-refractivity contribution is 7.90. The van der Waals surface area contributed by atoms with Crippen LogP contribution in [0, 0.1) is 5.92 Å². The van der Waals surface area contributed by atoms with Gasteiger partial charge in [0.05, 0.1) is 10.6 Å². The van der Waals surface area contributed by atoms with Crippen molar-refractivity contribution < 1.29 is 8.42 Å². The summed E-state index contributed by atoms with van der Waals surface area (Å²) in [6, 6.07) is 7.35. The molecule has 1 heterocycles. The van der Waals surface area contributed by atoms with Crippen LogP contribution in [0.1, 0.15) is 19.8 Å². The number of rotatable bonds is 6. The summed E-state index contributed by atoms with van der Waals surface area (Å²) in [6.45, 7) is 6.29. The average Bonchev–Trinajstić information content (AvgIpc) is 2.86. The SMILES string of the molecule is CCCN(C)C[C@@H]1CCN(c2ccccc2S(C)(=O)=O)C1. The van der Waals surface area contributed by atoms with Gasteiger partial charge in [-0.1, -0.05) is 19.1 Å². The molecule has 118 valence electrons. The number of anilines is 1. The lowest BCUT2D eigenvalue weighted by atomic mass is 10.1. The molecule has 0 radical (unpaired) electrons. The van der Waals surface area contributed by atoms with Crippen molar-refractivity contribution in [3.05, 3.63) is 24.3 Å². The van der Waals surface area contributed by atoms with Crippen molar-refractivity contribution in [1.82, 2.24) is 4.90 Å². The molecule has 0 N–H and O–H groups in total. The number of benzene rings is 1. The van der Waals surface area contributed by atoms with Crippen LogP contribution in [0.15, 0.2) is 29.2 Å². The van der Waals surface area contributed by atoms with E-state index in [1.165, 1.54) is 12.7 Å². The van der Waals surface area contributed by atoms with E-state index in [0.717, 1.165) is 38.3 Å². The minimum Gasteiger partial charge on any atom is -0.370 e. The highest BCUT2D eigenvalue weighted by Crippen LogP contribution is 2.30. The lowest BCUT2D eigenvalue weighted by Gasteiger charge is -2.23. The van der Waals surface area contributed by atoms with Gasteiger partial charge in [-0.05, 0) is 44.5 Å². The smallest absolute Gasteiger partial charge is 0.177 e. The Balaban J connectivity index is 2.09. The summed E-state index contributed by atoms with van der Waals surface area (Å²) in [6.07, 6.45) is 3.59. The number of hydrogen-bond acceptors (Lipinski definition) is 4. The van der Waals surface area contributed by atoms with Gasteiger partial charge < -0.3 is 9.80 Å². The summed E-state index contributed by atoms with van der Waals surface area (Å²) in [4.78, 5) is 5.05. The Bertz CT molecular complexity index is 571. The molecule has 1 fully saturated rings. The van der Waals surface area contributed by atoms with E-state index in [-0.39, 0.29) is 0 Å². The van der Waals surface area contributed by atoms with Gasteiger partial charge in [0.25, 0.3) is 0 Å². The molecule has 0 bridgehead atoms. The third kappa shape index (κ3) is 4.20. The molecule has 2 rings (SSSR count). The zero-order valence-corrected chi connectivity index (χ0v) is 14.1. The fraction of sp³-hybridized carbons (Fsp3) is 0.625. The molecule has 21 heavy (non-hydrogen) atoms. The first kappa shape index (κ1) is 16.3. The second kappa shape index (κ2) is 6.79. The molecule has 1 saturated heterocycles. The largest absolute Gasteiger partial charge is 0.370 e. The van der Waals surface area contributed by atoms with Crippen molar-refractivity contribution in [2.45, 2.75) is 24.7 Å². The Hall–Kier alpha value is -1.07. The van der Waals surface area contributed by atoms with Gasteiger partial charge in [-0.25, -0.2) is 8.42 Å². The van der Waals surface area contributed by atoms with Gasteiger partial charge in [0.1, 0.15) is 0 Å². The Morgan fingerprint density at radius 3 is 2.71 bits per heavy atom. The third-order valence-corrected chi connectivity index (χ3v) is 5.21. The van der Waals surface area contributed by atoms with Crippen molar-refractivity contribution in [1.29, 1.82) is 0 Å². The van der Waals surface area contributed by atoms with Crippen LogP contribution < -0.4 is 4.90 Å². The average molecular weight is 310 g/mol. The van der Waals surface area contributed by atoms with Crippen LogP contribution in [0.25, 0.3) is 0 Å². The van der Waals surface area contributed by atoms with Gasteiger partial charge in [0, 0.05) is 25.9 Å². The van der Waals surface area contributed by atoms with Crippen molar-refractivity contribution in [3.63, 3.8) is 0 Å². The maximum atomic E-state index is 11.9. The first-order valence-corrected chi connectivity index (χ1v) is 9.53. The maximum Gasteiger partial charge on any atom is 0.177 e. The Morgan fingerprint density at radius 2 is 2.05 bits per heavy atom. The molecule has 0 saturated carbocycles. The standard InChI is InChI=1S/C16H26N2O2S/c1-4-10-17(2)12-14-9-11-18(13-14)15-7-5-6-8-16(15)21(3,19)20/h5-8,14H,4,9-13H2,1-3H3/t14-/m0/s1. The summed E-state index contributed by atoms with van der Waals surface area (Å²) >= 11 is 0. The Labute approximate surface area is 128 Å². The molecule has 1 atom stereocenters. The highest BCUT2D eigenvalue weighted by atomic mass is 32.2. The van der Waals surface area contributed by atoms with E-state index in [1.54, 1.807) is 12.1 Å². The molecular weight excluding hydrogens is 284 g/mol. The Kier molecular flexibility index (Phi) is 5.27. The van der Waals surface area contributed by atoms with Crippen LogP contribution >= 0.6 is 0 Å². The van der Waals surface area contributed by atoms with Gasteiger partial charge >= 0.3 is 0 Å². The summed E-state index contributed by atoms with van der Waals surface area (Å²) in [5.41, 5.74) is 0.862. The fourth-order valence-corrected chi connectivity index (χ4v) is 4.05. The van der Waals surface area contributed by atoms with Crippen LogP contribution in [-0.2, 0) is 9.84 Å². The van der Waals surface area contributed by atoms with E-state index in [2.05, 4.69) is 23.8 Å². The van der Waals surface area contributed by atoms with Crippen molar-refractivity contribution >= 4 is 15.5 Å². The molecule has 1 aromatic carbocycles. The van der Waals surface area contributed by atoms with E-state index < -0.39 is 9.84 Å². The van der Waals surface area contributed by atoms with E-state index in [4.69, 9.17) is 0 Å². The van der Waals surface area contributed by atoms with Crippen LogP contribution in [0.3, 0.4) is 0 Å². The third-order valence-electron chi connectivity index (χ3n) is 4.07. The minimum atomic E-state index is -3.17. The van der Waals surface area contributed by atoms with Crippen LogP contribution in [-0.4, -0.2) is 52.8 Å². The van der Waals surface area contributed by atoms with E-state index in [1.807, 2.05) is 12.1 Å². The number of hydrogen-bond donors (Lipinski definition) is 0. The number of para-hydroxylation sites is 1. The normalized spacial score (nSPS) is 19.4. The second-order valence-electron chi connectivity index (χ2n) is 6.10. The van der Waals surface area contributed by atoms with Gasteiger partial charge in [0.2, 0.25) is 0 Å². The molecule has 0 unspecified atom stereocenters. The molecule has 1 aliphatic rings. The molecule has 0 amide bonds. The monoisotopic (exact) mass is 310 g/mol.